The van der Waals surface area contributed by atoms with Crippen molar-refractivity contribution in [2.45, 2.75) is 0 Å². The monoisotopic (exact) mass is 280 g/mol. The predicted molar refractivity (Wildman–Crippen MR) is 72.9 cm³/mol. The van der Waals surface area contributed by atoms with Gasteiger partial charge in [0.1, 0.15) is 5.15 Å². The van der Waals surface area contributed by atoms with E-state index >= 15 is 0 Å². The van der Waals surface area contributed by atoms with Crippen LogP contribution < -0.4 is 0 Å². The lowest BCUT2D eigenvalue weighted by Crippen LogP contribution is -1.83. The van der Waals surface area contributed by atoms with Crippen LogP contribution in [0.15, 0.2) is 36.0 Å². The van der Waals surface area contributed by atoms with E-state index in [9.17, 15) is 0 Å². The molecule has 0 bridgehead atoms. The van der Waals surface area contributed by atoms with Crippen molar-refractivity contribution >= 4 is 44.8 Å². The first-order valence-corrected chi connectivity index (χ1v) is 6.52. The fourth-order valence-electron chi connectivity index (χ4n) is 1.65. The highest BCUT2D eigenvalue weighted by molar-refractivity contribution is 7.16. The maximum absolute atomic E-state index is 6.15. The maximum atomic E-state index is 6.15. The number of hydrogen-bond acceptors (Lipinski definition) is 3. The van der Waals surface area contributed by atoms with Gasteiger partial charge < -0.3 is 0 Å². The molecule has 5 heteroatoms. The van der Waals surface area contributed by atoms with Crippen LogP contribution in [0.1, 0.15) is 0 Å². The smallest absolute Gasteiger partial charge is 0.130 e. The van der Waals surface area contributed by atoms with Crippen molar-refractivity contribution in [1.82, 2.24) is 9.97 Å². The van der Waals surface area contributed by atoms with Crippen molar-refractivity contribution in [3.63, 3.8) is 0 Å². The van der Waals surface area contributed by atoms with Crippen LogP contribution in [0, 0.1) is 0 Å². The Morgan fingerprint density at radius 1 is 1.06 bits per heavy atom. The molecule has 84 valence electrons. The molecule has 0 aliphatic heterocycles. The molecule has 3 aromatic rings. The van der Waals surface area contributed by atoms with Crippen molar-refractivity contribution in [1.29, 1.82) is 0 Å². The predicted octanol–water partition coefficient (Wildman–Crippen LogP) is 4.67. The maximum Gasteiger partial charge on any atom is 0.130 e. The average molecular weight is 281 g/mol. The molecule has 2 aromatic heterocycles. The van der Waals surface area contributed by atoms with Crippen LogP contribution >= 0.6 is 34.5 Å². The lowest BCUT2D eigenvalue weighted by molar-refractivity contribution is 1.33. The van der Waals surface area contributed by atoms with Crippen LogP contribution in [-0.4, -0.2) is 9.97 Å². The van der Waals surface area contributed by atoms with Crippen molar-refractivity contribution in [2.24, 2.45) is 0 Å². The molecule has 0 unspecified atom stereocenters. The number of nitrogens with zero attached hydrogens (tertiary/aromatic N) is 2. The number of fused-ring (bicyclic) bond motifs is 1. The van der Waals surface area contributed by atoms with Crippen LogP contribution in [-0.2, 0) is 0 Å². The molecule has 3 rings (SSSR count). The van der Waals surface area contributed by atoms with Gasteiger partial charge in [0.05, 0.1) is 20.7 Å². The topological polar surface area (TPSA) is 25.8 Å². The van der Waals surface area contributed by atoms with Gasteiger partial charge in [-0.15, -0.1) is 11.3 Å². The molecule has 0 fully saturated rings. The summed E-state index contributed by atoms with van der Waals surface area (Å²) in [5.41, 5.74) is 4.66. The molecule has 0 aliphatic rings. The fourth-order valence-corrected chi connectivity index (χ4v) is 2.78. The van der Waals surface area contributed by atoms with E-state index in [2.05, 4.69) is 9.97 Å². The molecule has 0 radical (unpaired) electrons. The zero-order valence-electron chi connectivity index (χ0n) is 8.52. The number of benzene rings is 1. The van der Waals surface area contributed by atoms with Gasteiger partial charge in [0.15, 0.2) is 0 Å². The van der Waals surface area contributed by atoms with Gasteiger partial charge in [0, 0.05) is 11.8 Å². The Morgan fingerprint density at radius 2 is 1.94 bits per heavy atom. The highest BCUT2D eigenvalue weighted by Crippen LogP contribution is 2.31. The normalized spacial score (nSPS) is 10.9. The minimum absolute atomic E-state index is 0.397. The molecule has 17 heavy (non-hydrogen) atoms. The SMILES string of the molecule is Clc1cc(Cl)c(-c2ccc3scnc3c2)cn1. The van der Waals surface area contributed by atoms with Crippen molar-refractivity contribution in [3.05, 3.63) is 46.1 Å². The standard InChI is InChI=1S/C12H6Cl2N2S/c13-9-4-12(14)15-5-8(9)7-1-2-11-10(3-7)16-6-17-11/h1-6H. The van der Waals surface area contributed by atoms with E-state index in [-0.39, 0.29) is 0 Å². The first kappa shape index (κ1) is 11.0. The van der Waals surface area contributed by atoms with Crippen LogP contribution in [0.3, 0.4) is 0 Å². The van der Waals surface area contributed by atoms with Gasteiger partial charge in [-0.2, -0.15) is 0 Å². The van der Waals surface area contributed by atoms with Crippen LogP contribution in [0.5, 0.6) is 0 Å². The van der Waals surface area contributed by atoms with Gasteiger partial charge in [-0.25, -0.2) is 9.97 Å². The van der Waals surface area contributed by atoms with Gasteiger partial charge in [-0.3, -0.25) is 0 Å². The summed E-state index contributed by atoms with van der Waals surface area (Å²) in [6.45, 7) is 0. The zero-order chi connectivity index (χ0) is 11.8. The van der Waals surface area contributed by atoms with E-state index in [0.717, 1.165) is 21.3 Å². The first-order chi connectivity index (χ1) is 8.24. The lowest BCUT2D eigenvalue weighted by Gasteiger charge is -2.04. The van der Waals surface area contributed by atoms with Gasteiger partial charge >= 0.3 is 0 Å². The molecule has 0 amide bonds. The molecule has 0 saturated carbocycles. The third kappa shape index (κ3) is 2.02. The summed E-state index contributed by atoms with van der Waals surface area (Å²) in [4.78, 5) is 8.33. The molecule has 2 nitrogen and oxygen atoms in total. The second-order valence-corrected chi connectivity index (χ2v) is 5.20. The molecule has 0 aliphatic carbocycles. The fraction of sp³-hybridized carbons (Fsp3) is 0. The number of aromatic nitrogens is 2. The summed E-state index contributed by atoms with van der Waals surface area (Å²) in [6, 6.07) is 7.69. The molecular weight excluding hydrogens is 275 g/mol. The van der Waals surface area contributed by atoms with Crippen LogP contribution in [0.25, 0.3) is 21.3 Å². The number of rotatable bonds is 1. The lowest BCUT2D eigenvalue weighted by atomic mass is 10.1. The molecule has 2 heterocycles. The molecule has 0 spiro atoms. The molecule has 0 saturated heterocycles. The third-order valence-corrected chi connectivity index (χ3v) is 3.79. The Morgan fingerprint density at radius 3 is 2.76 bits per heavy atom. The van der Waals surface area contributed by atoms with Crippen LogP contribution in [0.2, 0.25) is 10.2 Å². The summed E-state index contributed by atoms with van der Waals surface area (Å²) in [6.07, 6.45) is 1.68. The third-order valence-electron chi connectivity index (χ3n) is 2.46. The van der Waals surface area contributed by atoms with E-state index in [4.69, 9.17) is 23.2 Å². The van der Waals surface area contributed by atoms with Gasteiger partial charge in [0.2, 0.25) is 0 Å². The summed E-state index contributed by atoms with van der Waals surface area (Å²) in [7, 11) is 0. The van der Waals surface area contributed by atoms with Crippen molar-refractivity contribution in [2.75, 3.05) is 0 Å². The molecule has 1 aromatic carbocycles. The Hall–Kier alpha value is -1.16. The first-order valence-electron chi connectivity index (χ1n) is 4.89. The van der Waals surface area contributed by atoms with Crippen LogP contribution in [0.4, 0.5) is 0 Å². The van der Waals surface area contributed by atoms with E-state index < -0.39 is 0 Å². The summed E-state index contributed by atoms with van der Waals surface area (Å²) >= 11 is 13.5. The Kier molecular flexibility index (Phi) is 2.74. The van der Waals surface area contributed by atoms with Crippen molar-refractivity contribution in [3.8, 4) is 11.1 Å². The van der Waals surface area contributed by atoms with E-state index in [1.807, 2.05) is 23.7 Å². The van der Waals surface area contributed by atoms with Gasteiger partial charge in [0.25, 0.3) is 0 Å². The van der Waals surface area contributed by atoms with E-state index in [1.54, 1.807) is 23.6 Å². The molecular formula is C12H6Cl2N2S. The van der Waals surface area contributed by atoms with Gasteiger partial charge in [-0.05, 0) is 23.8 Å². The van der Waals surface area contributed by atoms with Crippen molar-refractivity contribution < 1.29 is 0 Å². The number of hydrogen-bond donors (Lipinski definition) is 0. The Labute approximate surface area is 112 Å². The number of pyridine rings is 1. The highest BCUT2D eigenvalue weighted by atomic mass is 35.5. The minimum Gasteiger partial charge on any atom is -0.245 e. The zero-order valence-corrected chi connectivity index (χ0v) is 10.9. The van der Waals surface area contributed by atoms with E-state index in [0.29, 0.717) is 10.2 Å². The van der Waals surface area contributed by atoms with Gasteiger partial charge in [-0.1, -0.05) is 29.3 Å². The summed E-state index contributed by atoms with van der Waals surface area (Å²) in [5.74, 6) is 0. The number of thiazole rings is 1. The molecule has 0 N–H and O–H groups in total. The Balaban J connectivity index is 2.19. The minimum atomic E-state index is 0.397. The van der Waals surface area contributed by atoms with E-state index in [1.165, 1.54) is 0 Å². The Bertz CT molecular complexity index is 694. The second-order valence-electron chi connectivity index (χ2n) is 3.52. The quantitative estimate of drug-likeness (QED) is 0.606. The summed E-state index contributed by atoms with van der Waals surface area (Å²) < 4.78 is 1.16. The largest absolute Gasteiger partial charge is 0.245 e. The second kappa shape index (κ2) is 4.26. The number of halogens is 2. The average Bonchev–Trinajstić information content (AvgIpc) is 2.75. The molecule has 0 atom stereocenters. The summed E-state index contributed by atoms with van der Waals surface area (Å²) in [5, 5.41) is 0.994. The highest BCUT2D eigenvalue weighted by Gasteiger charge is 2.06.